The first kappa shape index (κ1) is 23.9. The molecule has 0 unspecified atom stereocenters. The van der Waals surface area contributed by atoms with Crippen LogP contribution in [0.15, 0.2) is 63.8 Å². The predicted molar refractivity (Wildman–Crippen MR) is 133 cm³/mol. The lowest BCUT2D eigenvalue weighted by molar-refractivity contribution is 0.0730. The second-order valence-electron chi connectivity index (χ2n) is 8.23. The van der Waals surface area contributed by atoms with Gasteiger partial charge in [-0.2, -0.15) is 4.31 Å². The third kappa shape index (κ3) is 5.14. The summed E-state index contributed by atoms with van der Waals surface area (Å²) in [5, 5.41) is 2.17. The second kappa shape index (κ2) is 10.3. The zero-order valence-electron chi connectivity index (χ0n) is 19.4. The summed E-state index contributed by atoms with van der Waals surface area (Å²) in [7, 11) is -3.51. The lowest BCUT2D eigenvalue weighted by atomic mass is 10.1. The first-order valence-corrected chi connectivity index (χ1v) is 13.8. The van der Waals surface area contributed by atoms with Crippen molar-refractivity contribution in [3.05, 3.63) is 64.3 Å². The fourth-order valence-electron chi connectivity index (χ4n) is 4.08. The first-order chi connectivity index (χ1) is 15.9. The van der Waals surface area contributed by atoms with Gasteiger partial charge in [0.05, 0.1) is 29.5 Å². The van der Waals surface area contributed by atoms with Crippen LogP contribution in [-0.2, 0) is 14.8 Å². The molecule has 8 heteroatoms. The number of thiazole rings is 1. The highest BCUT2D eigenvalue weighted by molar-refractivity contribution is 7.89. The van der Waals surface area contributed by atoms with Crippen molar-refractivity contribution in [2.75, 3.05) is 26.3 Å². The van der Waals surface area contributed by atoms with E-state index in [2.05, 4.69) is 55.0 Å². The van der Waals surface area contributed by atoms with Crippen LogP contribution in [0.4, 0.5) is 5.69 Å². The molecule has 1 aromatic heterocycles. The monoisotopic (exact) mass is 485 g/mol. The molecule has 33 heavy (non-hydrogen) atoms. The van der Waals surface area contributed by atoms with Gasteiger partial charge in [-0.25, -0.2) is 13.4 Å². The number of rotatable bonds is 7. The van der Waals surface area contributed by atoms with E-state index in [1.807, 2.05) is 0 Å². The highest BCUT2D eigenvalue weighted by Crippen LogP contribution is 2.27. The third-order valence-electron chi connectivity index (χ3n) is 6.07. The number of benzene rings is 2. The lowest BCUT2D eigenvalue weighted by Gasteiger charge is -2.26. The van der Waals surface area contributed by atoms with Crippen LogP contribution in [0.5, 0.6) is 0 Å². The third-order valence-corrected chi connectivity index (χ3v) is 8.82. The standard InChI is InChI=1S/C25H31N3O3S2/c1-4-22(5-2)28-24(20-8-6-19(3)7-9-20)18-32-25(28)26-21-10-12-23(13-11-21)33(29,30)27-14-16-31-17-15-27/h6-13,18,22H,4-5,14-17H2,1-3H3. The van der Waals surface area contributed by atoms with E-state index < -0.39 is 10.0 Å². The Balaban J connectivity index is 1.70. The number of aromatic nitrogens is 1. The van der Waals surface area contributed by atoms with Gasteiger partial charge in [-0.1, -0.05) is 43.7 Å². The Morgan fingerprint density at radius 2 is 1.64 bits per heavy atom. The molecule has 0 N–H and O–H groups in total. The van der Waals surface area contributed by atoms with Crippen LogP contribution in [0.1, 0.15) is 38.3 Å². The molecule has 1 aliphatic rings. The molecule has 3 aromatic rings. The first-order valence-electron chi connectivity index (χ1n) is 11.4. The highest BCUT2D eigenvalue weighted by Gasteiger charge is 2.26. The molecule has 6 nitrogen and oxygen atoms in total. The van der Waals surface area contributed by atoms with Crippen LogP contribution >= 0.6 is 11.3 Å². The van der Waals surface area contributed by atoms with E-state index in [1.54, 1.807) is 35.6 Å². The highest BCUT2D eigenvalue weighted by atomic mass is 32.2. The van der Waals surface area contributed by atoms with Gasteiger partial charge in [-0.15, -0.1) is 11.3 Å². The van der Waals surface area contributed by atoms with Crippen molar-refractivity contribution in [3.63, 3.8) is 0 Å². The smallest absolute Gasteiger partial charge is 0.243 e. The molecule has 0 atom stereocenters. The molecule has 2 aromatic carbocycles. The predicted octanol–water partition coefficient (Wildman–Crippen LogP) is 5.14. The average Bonchev–Trinajstić information content (AvgIpc) is 3.24. The maximum Gasteiger partial charge on any atom is 0.243 e. The Morgan fingerprint density at radius 3 is 2.24 bits per heavy atom. The molecule has 4 rings (SSSR count). The fraction of sp³-hybridized carbons (Fsp3) is 0.400. The number of ether oxygens (including phenoxy) is 1. The van der Waals surface area contributed by atoms with Gasteiger partial charge in [0.15, 0.2) is 4.80 Å². The normalized spacial score (nSPS) is 15.9. The topological polar surface area (TPSA) is 63.9 Å². The summed E-state index contributed by atoms with van der Waals surface area (Å²) in [6.07, 6.45) is 2.02. The van der Waals surface area contributed by atoms with E-state index in [4.69, 9.17) is 9.73 Å². The minimum atomic E-state index is -3.51. The minimum absolute atomic E-state index is 0.294. The summed E-state index contributed by atoms with van der Waals surface area (Å²) in [5.74, 6) is 0. The molecule has 1 fully saturated rings. The average molecular weight is 486 g/mol. The largest absolute Gasteiger partial charge is 0.379 e. The van der Waals surface area contributed by atoms with Crippen molar-refractivity contribution in [2.24, 2.45) is 4.99 Å². The number of morpholine rings is 1. The molecule has 0 radical (unpaired) electrons. The summed E-state index contributed by atoms with van der Waals surface area (Å²) >= 11 is 1.62. The van der Waals surface area contributed by atoms with Gasteiger partial charge in [-0.3, -0.25) is 0 Å². The molecule has 0 amide bonds. The van der Waals surface area contributed by atoms with Crippen LogP contribution in [0.25, 0.3) is 11.3 Å². The van der Waals surface area contributed by atoms with Gasteiger partial charge >= 0.3 is 0 Å². The summed E-state index contributed by atoms with van der Waals surface area (Å²) in [5.41, 5.74) is 4.32. The van der Waals surface area contributed by atoms with Crippen molar-refractivity contribution in [3.8, 4) is 11.3 Å². The molecule has 0 spiro atoms. The van der Waals surface area contributed by atoms with Gasteiger partial charge in [-0.05, 0) is 49.6 Å². The molecule has 1 aliphatic heterocycles. The number of hydrogen-bond donors (Lipinski definition) is 0. The maximum absolute atomic E-state index is 12.9. The maximum atomic E-state index is 12.9. The number of nitrogens with zero attached hydrogens (tertiary/aromatic N) is 3. The Hall–Kier alpha value is -2.26. The summed E-state index contributed by atoms with van der Waals surface area (Å²) < 4.78 is 34.9. The van der Waals surface area contributed by atoms with E-state index in [-0.39, 0.29) is 0 Å². The fourth-order valence-corrected chi connectivity index (χ4v) is 6.48. The Morgan fingerprint density at radius 1 is 1.00 bits per heavy atom. The van der Waals surface area contributed by atoms with Crippen LogP contribution in [0, 0.1) is 6.92 Å². The second-order valence-corrected chi connectivity index (χ2v) is 11.0. The Kier molecular flexibility index (Phi) is 7.48. The molecular weight excluding hydrogens is 454 g/mol. The summed E-state index contributed by atoms with van der Waals surface area (Å²) in [4.78, 5) is 6.12. The Labute approximate surface area is 200 Å². The van der Waals surface area contributed by atoms with E-state index in [1.165, 1.54) is 21.1 Å². The van der Waals surface area contributed by atoms with E-state index in [0.29, 0.717) is 37.2 Å². The van der Waals surface area contributed by atoms with Gasteiger partial charge in [0, 0.05) is 24.5 Å². The molecular formula is C25H31N3O3S2. The van der Waals surface area contributed by atoms with Crippen LogP contribution < -0.4 is 4.80 Å². The van der Waals surface area contributed by atoms with Crippen LogP contribution in [0.2, 0.25) is 0 Å². The minimum Gasteiger partial charge on any atom is -0.379 e. The zero-order chi connectivity index (χ0) is 23.4. The van der Waals surface area contributed by atoms with Crippen molar-refractivity contribution < 1.29 is 13.2 Å². The Bertz CT molecular complexity index is 1230. The zero-order valence-corrected chi connectivity index (χ0v) is 21.0. The van der Waals surface area contributed by atoms with Gasteiger partial charge in [0.1, 0.15) is 0 Å². The van der Waals surface area contributed by atoms with Gasteiger partial charge in [0.25, 0.3) is 0 Å². The van der Waals surface area contributed by atoms with Crippen molar-refractivity contribution in [1.29, 1.82) is 0 Å². The number of aryl methyl sites for hydroxylation is 1. The molecule has 0 saturated carbocycles. The van der Waals surface area contributed by atoms with Gasteiger partial charge in [0.2, 0.25) is 10.0 Å². The van der Waals surface area contributed by atoms with Crippen molar-refractivity contribution in [1.82, 2.24) is 8.87 Å². The summed E-state index contributed by atoms with van der Waals surface area (Å²) in [6.45, 7) is 8.14. The number of sulfonamides is 1. The lowest BCUT2D eigenvalue weighted by Crippen LogP contribution is -2.40. The van der Waals surface area contributed by atoms with Crippen molar-refractivity contribution in [2.45, 2.75) is 44.6 Å². The van der Waals surface area contributed by atoms with E-state index in [0.717, 1.165) is 23.3 Å². The van der Waals surface area contributed by atoms with Crippen LogP contribution in [-0.4, -0.2) is 43.6 Å². The number of hydrogen-bond acceptors (Lipinski definition) is 5. The van der Waals surface area contributed by atoms with E-state index in [9.17, 15) is 8.42 Å². The molecule has 2 heterocycles. The molecule has 0 bridgehead atoms. The molecule has 176 valence electrons. The SMILES string of the molecule is CCC(CC)n1c(-c2ccc(C)cc2)csc1=Nc1ccc(S(=O)(=O)N2CCOCC2)cc1. The molecule has 0 aliphatic carbocycles. The summed E-state index contributed by atoms with van der Waals surface area (Å²) in [6, 6.07) is 15.8. The van der Waals surface area contributed by atoms with E-state index >= 15 is 0 Å². The quantitative estimate of drug-likeness (QED) is 0.465. The molecule has 1 saturated heterocycles. The van der Waals surface area contributed by atoms with Crippen LogP contribution in [0.3, 0.4) is 0 Å². The van der Waals surface area contributed by atoms with Crippen molar-refractivity contribution >= 4 is 27.0 Å². The van der Waals surface area contributed by atoms with Gasteiger partial charge < -0.3 is 9.30 Å².